The second-order valence-corrected chi connectivity index (χ2v) is 5.88. The van der Waals surface area contributed by atoms with Crippen molar-refractivity contribution in [1.82, 2.24) is 14.5 Å². The first-order valence-electron chi connectivity index (χ1n) is 7.63. The Morgan fingerprint density at radius 3 is 2.92 bits per heavy atom. The number of amides is 1. The minimum Gasteiger partial charge on any atom is -0.497 e. The monoisotopic (exact) mass is 329 g/mol. The van der Waals surface area contributed by atoms with E-state index >= 15 is 0 Å². The van der Waals surface area contributed by atoms with Gasteiger partial charge in [0.2, 0.25) is 5.91 Å². The predicted molar refractivity (Wildman–Crippen MR) is 85.7 cm³/mol. The summed E-state index contributed by atoms with van der Waals surface area (Å²) in [5.74, 6) is -1.13. The van der Waals surface area contributed by atoms with Gasteiger partial charge in [-0.3, -0.25) is 9.59 Å². The van der Waals surface area contributed by atoms with Crippen LogP contribution in [-0.2, 0) is 29.6 Å². The normalized spacial score (nSPS) is 16.6. The number of carboxylic acids is 1. The quantitative estimate of drug-likeness (QED) is 0.910. The molecule has 0 spiro atoms. The van der Waals surface area contributed by atoms with Crippen molar-refractivity contribution in [1.29, 1.82) is 0 Å². The number of ether oxygens (including phenoxy) is 1. The molecule has 1 aliphatic heterocycles. The minimum absolute atomic E-state index is 0.120. The number of hydrogen-bond donors (Lipinski definition) is 1. The molecule has 3 rings (SSSR count). The zero-order chi connectivity index (χ0) is 17.3. The van der Waals surface area contributed by atoms with Crippen molar-refractivity contribution < 1.29 is 19.4 Å². The maximum Gasteiger partial charge on any atom is 0.314 e. The van der Waals surface area contributed by atoms with Gasteiger partial charge in [-0.25, -0.2) is 4.98 Å². The third-order valence-corrected chi connectivity index (χ3v) is 4.28. The first kappa shape index (κ1) is 16.0. The highest BCUT2D eigenvalue weighted by molar-refractivity contribution is 5.82. The Bertz CT molecular complexity index is 784. The second kappa shape index (κ2) is 6.35. The smallest absolute Gasteiger partial charge is 0.314 e. The van der Waals surface area contributed by atoms with Crippen LogP contribution in [-0.4, -0.2) is 45.1 Å². The SMILES string of the molecule is COc1cccc(CC(=O)N2Cc3ncn(C)c3[C@H](C(=O)O)C2)c1. The number of carbonyl (C=O) groups excluding carboxylic acids is 1. The van der Waals surface area contributed by atoms with E-state index in [-0.39, 0.29) is 18.9 Å². The third kappa shape index (κ3) is 2.97. The van der Waals surface area contributed by atoms with Crippen molar-refractivity contribution in [2.45, 2.75) is 18.9 Å². The van der Waals surface area contributed by atoms with E-state index in [9.17, 15) is 14.7 Å². The lowest BCUT2D eigenvalue weighted by Gasteiger charge is -2.31. The Hall–Kier alpha value is -2.83. The molecule has 24 heavy (non-hydrogen) atoms. The Labute approximate surface area is 139 Å². The van der Waals surface area contributed by atoms with E-state index in [2.05, 4.69) is 4.98 Å². The fourth-order valence-corrected chi connectivity index (χ4v) is 3.06. The van der Waals surface area contributed by atoms with Crippen LogP contribution >= 0.6 is 0 Å². The molecular weight excluding hydrogens is 310 g/mol. The van der Waals surface area contributed by atoms with Crippen LogP contribution in [0.15, 0.2) is 30.6 Å². The van der Waals surface area contributed by atoms with Crippen LogP contribution in [0.3, 0.4) is 0 Å². The summed E-state index contributed by atoms with van der Waals surface area (Å²) >= 11 is 0. The fraction of sp³-hybridized carbons (Fsp3) is 0.353. The number of imidazole rings is 1. The van der Waals surface area contributed by atoms with Gasteiger partial charge in [-0.05, 0) is 17.7 Å². The second-order valence-electron chi connectivity index (χ2n) is 5.88. The number of carboxylic acid groups (broad SMARTS) is 1. The maximum absolute atomic E-state index is 12.6. The molecule has 1 atom stereocenters. The van der Waals surface area contributed by atoms with Crippen molar-refractivity contribution in [3.8, 4) is 5.75 Å². The molecule has 1 aromatic heterocycles. The third-order valence-electron chi connectivity index (χ3n) is 4.28. The molecule has 0 aliphatic carbocycles. The van der Waals surface area contributed by atoms with Gasteiger partial charge in [0.25, 0.3) is 0 Å². The van der Waals surface area contributed by atoms with E-state index in [1.165, 1.54) is 0 Å². The number of carbonyl (C=O) groups is 2. The first-order valence-corrected chi connectivity index (χ1v) is 7.63. The molecule has 7 heteroatoms. The largest absolute Gasteiger partial charge is 0.497 e. The Morgan fingerprint density at radius 2 is 2.21 bits per heavy atom. The van der Waals surface area contributed by atoms with Crippen LogP contribution in [0.5, 0.6) is 5.75 Å². The number of nitrogens with zero attached hydrogens (tertiary/aromatic N) is 3. The van der Waals surface area contributed by atoms with E-state index in [0.717, 1.165) is 5.56 Å². The molecule has 0 saturated heterocycles. The molecule has 126 valence electrons. The first-order chi connectivity index (χ1) is 11.5. The van der Waals surface area contributed by atoms with E-state index < -0.39 is 11.9 Å². The predicted octanol–water partition coefficient (Wildman–Crippen LogP) is 1.18. The number of fused-ring (bicyclic) bond motifs is 1. The van der Waals surface area contributed by atoms with Gasteiger partial charge in [0, 0.05) is 13.6 Å². The lowest BCUT2D eigenvalue weighted by Crippen LogP contribution is -2.41. The highest BCUT2D eigenvalue weighted by atomic mass is 16.5. The molecule has 2 aromatic rings. The number of benzene rings is 1. The van der Waals surface area contributed by atoms with Crippen LogP contribution < -0.4 is 4.74 Å². The number of rotatable bonds is 4. The Morgan fingerprint density at radius 1 is 1.42 bits per heavy atom. The van der Waals surface area contributed by atoms with Crippen LogP contribution in [0, 0.1) is 0 Å². The highest BCUT2D eigenvalue weighted by Gasteiger charge is 2.35. The van der Waals surface area contributed by atoms with Gasteiger partial charge in [-0.1, -0.05) is 12.1 Å². The average Bonchev–Trinajstić information content (AvgIpc) is 2.95. The number of methoxy groups -OCH3 is 1. The molecule has 0 saturated carbocycles. The van der Waals surface area contributed by atoms with E-state index in [1.807, 2.05) is 24.3 Å². The molecule has 0 radical (unpaired) electrons. The van der Waals surface area contributed by atoms with Crippen molar-refractivity contribution in [3.63, 3.8) is 0 Å². The summed E-state index contributed by atoms with van der Waals surface area (Å²) in [6, 6.07) is 7.30. The summed E-state index contributed by atoms with van der Waals surface area (Å²) in [4.78, 5) is 30.0. The van der Waals surface area contributed by atoms with Crippen molar-refractivity contribution >= 4 is 11.9 Å². The molecule has 7 nitrogen and oxygen atoms in total. The highest BCUT2D eigenvalue weighted by Crippen LogP contribution is 2.28. The molecule has 1 aromatic carbocycles. The van der Waals surface area contributed by atoms with E-state index in [0.29, 0.717) is 23.7 Å². The molecule has 2 heterocycles. The van der Waals surface area contributed by atoms with Gasteiger partial charge >= 0.3 is 5.97 Å². The molecule has 0 bridgehead atoms. The van der Waals surface area contributed by atoms with Crippen LogP contribution in [0.2, 0.25) is 0 Å². The zero-order valence-electron chi connectivity index (χ0n) is 13.6. The van der Waals surface area contributed by atoms with Gasteiger partial charge in [-0.15, -0.1) is 0 Å². The lowest BCUT2D eigenvalue weighted by molar-refractivity contribution is -0.141. The summed E-state index contributed by atoms with van der Waals surface area (Å²) in [5, 5.41) is 9.49. The summed E-state index contributed by atoms with van der Waals surface area (Å²) in [6.45, 7) is 0.493. The van der Waals surface area contributed by atoms with Gasteiger partial charge in [0.05, 0.1) is 37.8 Å². The van der Waals surface area contributed by atoms with Crippen molar-refractivity contribution in [2.75, 3.05) is 13.7 Å². The van der Waals surface area contributed by atoms with E-state index in [1.54, 1.807) is 30.0 Å². The molecule has 1 N–H and O–H groups in total. The van der Waals surface area contributed by atoms with Gasteiger partial charge in [-0.2, -0.15) is 0 Å². The van der Waals surface area contributed by atoms with Crippen LogP contribution in [0.4, 0.5) is 0 Å². The summed E-state index contributed by atoms with van der Waals surface area (Å²) < 4.78 is 6.88. The molecule has 0 fully saturated rings. The lowest BCUT2D eigenvalue weighted by atomic mass is 9.97. The van der Waals surface area contributed by atoms with E-state index in [4.69, 9.17) is 4.74 Å². The van der Waals surface area contributed by atoms with Crippen LogP contribution in [0.25, 0.3) is 0 Å². The Kier molecular flexibility index (Phi) is 4.24. The van der Waals surface area contributed by atoms with Gasteiger partial charge in [0.1, 0.15) is 11.7 Å². The molecular formula is C17H19N3O4. The number of aryl methyl sites for hydroxylation is 1. The number of hydrogen-bond acceptors (Lipinski definition) is 4. The summed E-state index contributed by atoms with van der Waals surface area (Å²) in [5.41, 5.74) is 2.15. The van der Waals surface area contributed by atoms with Crippen molar-refractivity contribution in [3.05, 3.63) is 47.5 Å². The number of aliphatic carboxylic acids is 1. The molecule has 0 unspecified atom stereocenters. The number of aromatic nitrogens is 2. The molecule has 1 aliphatic rings. The zero-order valence-corrected chi connectivity index (χ0v) is 13.6. The Balaban J connectivity index is 1.80. The summed E-state index contributed by atoms with van der Waals surface area (Å²) in [7, 11) is 3.35. The topological polar surface area (TPSA) is 84.7 Å². The molecule has 1 amide bonds. The minimum atomic E-state index is -0.946. The van der Waals surface area contributed by atoms with Gasteiger partial charge < -0.3 is 19.3 Å². The summed E-state index contributed by atoms with van der Waals surface area (Å²) in [6.07, 6.45) is 1.79. The maximum atomic E-state index is 12.6. The average molecular weight is 329 g/mol. The van der Waals surface area contributed by atoms with Crippen LogP contribution in [0.1, 0.15) is 22.9 Å². The standard InChI is InChI=1S/C17H19N3O4/c1-19-10-18-14-9-20(8-13(16(14)19)17(22)23)15(21)7-11-4-3-5-12(6-11)24-2/h3-6,10,13H,7-9H2,1-2H3,(H,22,23)/t13-/m1/s1. The van der Waals surface area contributed by atoms with Crippen molar-refractivity contribution in [2.24, 2.45) is 7.05 Å². The van der Waals surface area contributed by atoms with Gasteiger partial charge in [0.15, 0.2) is 0 Å². The fourth-order valence-electron chi connectivity index (χ4n) is 3.06.